The predicted octanol–water partition coefficient (Wildman–Crippen LogP) is 1.26. The Labute approximate surface area is 151 Å². The lowest BCUT2D eigenvalue weighted by Gasteiger charge is -2.30. The molecule has 0 saturated heterocycles. The molecule has 2 N–H and O–H groups in total. The van der Waals surface area contributed by atoms with E-state index in [1.165, 1.54) is 0 Å². The van der Waals surface area contributed by atoms with Crippen LogP contribution in [0.25, 0.3) is 0 Å². The molecule has 1 rings (SSSR count). The Morgan fingerprint density at radius 3 is 2.48 bits per heavy atom. The number of hydrogen-bond acceptors (Lipinski definition) is 5. The number of nitrogens with zero attached hydrogens (tertiary/aromatic N) is 4. The largest absolute Gasteiger partial charge is 0.385 e. The Bertz CT molecular complexity index is 536. The van der Waals surface area contributed by atoms with Crippen LogP contribution in [0.1, 0.15) is 38.8 Å². The van der Waals surface area contributed by atoms with Crippen molar-refractivity contribution < 1.29 is 9.47 Å². The fourth-order valence-corrected chi connectivity index (χ4v) is 2.27. The van der Waals surface area contributed by atoms with Gasteiger partial charge in [0.25, 0.3) is 0 Å². The minimum absolute atomic E-state index is 0.0453. The van der Waals surface area contributed by atoms with Gasteiger partial charge in [-0.15, -0.1) is 10.2 Å². The van der Waals surface area contributed by atoms with Crippen molar-refractivity contribution in [3.8, 4) is 0 Å². The number of aryl methyl sites for hydroxylation is 1. The Hall–Kier alpha value is -1.67. The van der Waals surface area contributed by atoms with Gasteiger partial charge < -0.3 is 24.7 Å². The van der Waals surface area contributed by atoms with Gasteiger partial charge in [-0.1, -0.05) is 20.8 Å². The summed E-state index contributed by atoms with van der Waals surface area (Å²) in [6.45, 7) is 11.0. The second-order valence-corrected chi connectivity index (χ2v) is 7.13. The summed E-state index contributed by atoms with van der Waals surface area (Å²) in [5.74, 6) is 2.44. The summed E-state index contributed by atoms with van der Waals surface area (Å²) in [7, 11) is 5.39. The molecule has 0 saturated carbocycles. The first-order valence-corrected chi connectivity index (χ1v) is 8.68. The summed E-state index contributed by atoms with van der Waals surface area (Å²) in [4.78, 5) is 4.63. The molecule has 0 amide bonds. The van der Waals surface area contributed by atoms with Gasteiger partial charge in [0.15, 0.2) is 11.8 Å². The van der Waals surface area contributed by atoms with Crippen molar-refractivity contribution in [1.29, 1.82) is 0 Å². The van der Waals surface area contributed by atoms with Crippen LogP contribution in [0, 0.1) is 12.3 Å². The van der Waals surface area contributed by atoms with Gasteiger partial charge in [-0.3, -0.25) is 0 Å². The minimum atomic E-state index is 0.0453. The van der Waals surface area contributed by atoms with E-state index in [4.69, 9.17) is 9.47 Å². The molecular formula is C17H34N6O2. The molecule has 25 heavy (non-hydrogen) atoms. The molecule has 0 bridgehead atoms. The van der Waals surface area contributed by atoms with Gasteiger partial charge >= 0.3 is 0 Å². The van der Waals surface area contributed by atoms with Crippen LogP contribution >= 0.6 is 0 Å². The van der Waals surface area contributed by atoms with Crippen molar-refractivity contribution in [2.24, 2.45) is 17.5 Å². The zero-order chi connectivity index (χ0) is 18.9. The number of ether oxygens (including phenoxy) is 2. The molecule has 0 aromatic carbocycles. The van der Waals surface area contributed by atoms with Crippen LogP contribution in [0.4, 0.5) is 0 Å². The van der Waals surface area contributed by atoms with Gasteiger partial charge in [0.1, 0.15) is 12.4 Å². The highest BCUT2D eigenvalue weighted by Crippen LogP contribution is 2.20. The average Bonchev–Trinajstić information content (AvgIpc) is 2.86. The SMILES string of the molecule is COCCCNC(=NCc1nnc(C)n1C)NCC(OC)C(C)(C)C. The van der Waals surface area contributed by atoms with Crippen LogP contribution in [0.15, 0.2) is 4.99 Å². The zero-order valence-electron chi connectivity index (χ0n) is 16.7. The Balaban J connectivity index is 2.70. The van der Waals surface area contributed by atoms with Gasteiger partial charge in [0.2, 0.25) is 0 Å². The van der Waals surface area contributed by atoms with E-state index < -0.39 is 0 Å². The number of aromatic nitrogens is 3. The molecule has 1 aromatic heterocycles. The number of hydrogen-bond donors (Lipinski definition) is 2. The number of nitrogens with one attached hydrogen (secondary N) is 2. The number of guanidine groups is 1. The molecule has 1 heterocycles. The van der Waals surface area contributed by atoms with Crippen molar-refractivity contribution in [3.05, 3.63) is 11.6 Å². The van der Waals surface area contributed by atoms with Crippen LogP contribution in [0.2, 0.25) is 0 Å². The highest BCUT2D eigenvalue weighted by molar-refractivity contribution is 5.79. The third kappa shape index (κ3) is 7.39. The molecule has 1 atom stereocenters. The van der Waals surface area contributed by atoms with Gasteiger partial charge in [0, 0.05) is 41.0 Å². The van der Waals surface area contributed by atoms with Gasteiger partial charge in [-0.2, -0.15) is 0 Å². The zero-order valence-corrected chi connectivity index (χ0v) is 16.7. The second-order valence-electron chi connectivity index (χ2n) is 7.13. The van der Waals surface area contributed by atoms with Crippen molar-refractivity contribution in [3.63, 3.8) is 0 Å². The fraction of sp³-hybridized carbons (Fsp3) is 0.824. The van der Waals surface area contributed by atoms with E-state index in [1.54, 1.807) is 14.2 Å². The molecule has 8 nitrogen and oxygen atoms in total. The highest BCUT2D eigenvalue weighted by atomic mass is 16.5. The quantitative estimate of drug-likeness (QED) is 0.394. The summed E-state index contributed by atoms with van der Waals surface area (Å²) in [6, 6.07) is 0. The maximum absolute atomic E-state index is 5.60. The molecule has 144 valence electrons. The lowest BCUT2D eigenvalue weighted by atomic mass is 9.89. The van der Waals surface area contributed by atoms with Crippen molar-refractivity contribution in [2.45, 2.75) is 46.8 Å². The molecule has 0 spiro atoms. The maximum Gasteiger partial charge on any atom is 0.191 e. The standard InChI is InChI=1S/C17H34N6O2/c1-13-21-22-15(23(13)5)12-20-16(18-9-8-10-24-6)19-11-14(25-7)17(2,3)4/h14H,8-12H2,1-7H3,(H2,18,19,20). The van der Waals surface area contributed by atoms with E-state index >= 15 is 0 Å². The molecule has 8 heteroatoms. The van der Waals surface area contributed by atoms with Crippen molar-refractivity contribution in [1.82, 2.24) is 25.4 Å². The molecule has 1 unspecified atom stereocenters. The van der Waals surface area contributed by atoms with Crippen LogP contribution in [0.5, 0.6) is 0 Å². The smallest absolute Gasteiger partial charge is 0.191 e. The van der Waals surface area contributed by atoms with E-state index in [-0.39, 0.29) is 11.5 Å². The van der Waals surface area contributed by atoms with Crippen LogP contribution < -0.4 is 10.6 Å². The third-order valence-electron chi connectivity index (χ3n) is 4.08. The first kappa shape index (κ1) is 21.4. The molecule has 1 aromatic rings. The Morgan fingerprint density at radius 1 is 1.24 bits per heavy atom. The summed E-state index contributed by atoms with van der Waals surface area (Å²) in [6.07, 6.45) is 0.989. The number of methoxy groups -OCH3 is 2. The van der Waals surface area contributed by atoms with Gasteiger partial charge in [-0.25, -0.2) is 4.99 Å². The topological polar surface area (TPSA) is 85.6 Å². The molecule has 0 aliphatic heterocycles. The van der Waals surface area contributed by atoms with E-state index in [1.807, 2.05) is 18.5 Å². The fourth-order valence-electron chi connectivity index (χ4n) is 2.27. The number of rotatable bonds is 9. The first-order valence-electron chi connectivity index (χ1n) is 8.68. The average molecular weight is 354 g/mol. The van der Waals surface area contributed by atoms with Gasteiger partial charge in [-0.05, 0) is 18.8 Å². The van der Waals surface area contributed by atoms with Crippen LogP contribution in [-0.2, 0) is 23.1 Å². The summed E-state index contributed by atoms with van der Waals surface area (Å²) in [5.41, 5.74) is 0.0453. The highest BCUT2D eigenvalue weighted by Gasteiger charge is 2.24. The van der Waals surface area contributed by atoms with Crippen molar-refractivity contribution >= 4 is 5.96 Å². The summed E-state index contributed by atoms with van der Waals surface area (Å²) in [5, 5.41) is 14.9. The Morgan fingerprint density at radius 2 is 1.96 bits per heavy atom. The molecule has 0 fully saturated rings. The van der Waals surface area contributed by atoms with E-state index in [0.29, 0.717) is 19.7 Å². The molecule has 0 aliphatic carbocycles. The molecule has 0 radical (unpaired) electrons. The lowest BCUT2D eigenvalue weighted by Crippen LogP contribution is -2.45. The first-order chi connectivity index (χ1) is 11.8. The van der Waals surface area contributed by atoms with E-state index in [9.17, 15) is 0 Å². The van der Waals surface area contributed by atoms with E-state index in [0.717, 1.165) is 30.6 Å². The Kier molecular flexibility index (Phi) is 8.85. The third-order valence-corrected chi connectivity index (χ3v) is 4.08. The lowest BCUT2D eigenvalue weighted by molar-refractivity contribution is 0.0205. The summed E-state index contributed by atoms with van der Waals surface area (Å²) >= 11 is 0. The molecule has 0 aliphatic rings. The number of aliphatic imine (C=N–C) groups is 1. The molecular weight excluding hydrogens is 320 g/mol. The van der Waals surface area contributed by atoms with Crippen molar-refractivity contribution in [2.75, 3.05) is 33.9 Å². The maximum atomic E-state index is 5.60. The normalized spacial score (nSPS) is 13.8. The van der Waals surface area contributed by atoms with Gasteiger partial charge in [0.05, 0.1) is 6.10 Å². The predicted molar refractivity (Wildman–Crippen MR) is 99.6 cm³/mol. The van der Waals surface area contributed by atoms with Crippen LogP contribution in [-0.4, -0.2) is 60.7 Å². The van der Waals surface area contributed by atoms with Crippen LogP contribution in [0.3, 0.4) is 0 Å². The monoisotopic (exact) mass is 354 g/mol. The summed E-state index contributed by atoms with van der Waals surface area (Å²) < 4.78 is 12.6. The van der Waals surface area contributed by atoms with E-state index in [2.05, 4.69) is 46.6 Å². The minimum Gasteiger partial charge on any atom is -0.385 e. The second kappa shape index (κ2) is 10.4.